The lowest BCUT2D eigenvalue weighted by molar-refractivity contribution is 0.102. The molecule has 0 radical (unpaired) electrons. The van der Waals surface area contributed by atoms with Gasteiger partial charge in [0.2, 0.25) is 0 Å². The van der Waals surface area contributed by atoms with Crippen molar-refractivity contribution in [2.45, 2.75) is 6.92 Å². The smallest absolute Gasteiger partial charge is 0.255 e. The fraction of sp³-hybridized carbons (Fsp3) is 0.143. The van der Waals surface area contributed by atoms with Crippen LogP contribution in [0.25, 0.3) is 0 Å². The summed E-state index contributed by atoms with van der Waals surface area (Å²) in [6, 6.07) is 8.35. The Labute approximate surface area is 127 Å². The second kappa shape index (κ2) is 6.59. The molecule has 1 aromatic carbocycles. The molecule has 2 aromatic rings. The lowest BCUT2D eigenvalue weighted by atomic mass is 10.2. The van der Waals surface area contributed by atoms with Gasteiger partial charge in [0.05, 0.1) is 15.7 Å². The van der Waals surface area contributed by atoms with E-state index in [0.29, 0.717) is 27.1 Å². The average molecular weight is 310 g/mol. The molecular weight excluding hydrogens is 297 g/mol. The van der Waals surface area contributed by atoms with Crippen LogP contribution in [0.3, 0.4) is 0 Å². The van der Waals surface area contributed by atoms with E-state index in [-0.39, 0.29) is 5.91 Å². The normalized spacial score (nSPS) is 10.2. The number of hydrogen-bond acceptors (Lipinski definition) is 3. The molecule has 0 saturated carbocycles. The predicted molar refractivity (Wildman–Crippen MR) is 82.8 cm³/mol. The molecule has 0 aliphatic carbocycles. The third-order valence-corrected chi connectivity index (χ3v) is 3.21. The quantitative estimate of drug-likeness (QED) is 0.895. The summed E-state index contributed by atoms with van der Waals surface area (Å²) in [6.07, 6.45) is 1.57. The van der Waals surface area contributed by atoms with Crippen LogP contribution in [0.1, 0.15) is 17.3 Å². The molecule has 104 valence electrons. The molecule has 2 rings (SSSR count). The van der Waals surface area contributed by atoms with Crippen LogP contribution in [-0.4, -0.2) is 17.4 Å². The first-order valence-electron chi connectivity index (χ1n) is 6.07. The third-order valence-electron chi connectivity index (χ3n) is 2.58. The van der Waals surface area contributed by atoms with Crippen LogP contribution in [-0.2, 0) is 0 Å². The zero-order chi connectivity index (χ0) is 14.5. The minimum atomic E-state index is -0.290. The molecule has 1 heterocycles. The highest BCUT2D eigenvalue weighted by Gasteiger charge is 2.12. The molecule has 0 unspecified atom stereocenters. The Morgan fingerprint density at radius 2 is 1.95 bits per heavy atom. The van der Waals surface area contributed by atoms with Crippen LogP contribution < -0.4 is 10.6 Å². The van der Waals surface area contributed by atoms with Gasteiger partial charge in [0.25, 0.3) is 5.91 Å². The van der Waals surface area contributed by atoms with Crippen molar-refractivity contribution in [1.29, 1.82) is 0 Å². The number of pyridine rings is 1. The minimum absolute atomic E-state index is 0.290. The van der Waals surface area contributed by atoms with Gasteiger partial charge in [-0.2, -0.15) is 0 Å². The van der Waals surface area contributed by atoms with Crippen molar-refractivity contribution in [2.75, 3.05) is 17.2 Å². The topological polar surface area (TPSA) is 54.0 Å². The fourth-order valence-electron chi connectivity index (χ4n) is 1.65. The number of amides is 1. The molecule has 0 aliphatic heterocycles. The zero-order valence-electron chi connectivity index (χ0n) is 10.8. The molecule has 2 N–H and O–H groups in total. The van der Waals surface area contributed by atoms with E-state index in [2.05, 4.69) is 15.6 Å². The molecule has 0 fully saturated rings. The monoisotopic (exact) mass is 309 g/mol. The Kier molecular flexibility index (Phi) is 4.82. The second-order valence-corrected chi connectivity index (χ2v) is 4.83. The van der Waals surface area contributed by atoms with Gasteiger partial charge in [-0.3, -0.25) is 4.79 Å². The van der Waals surface area contributed by atoms with E-state index in [0.717, 1.165) is 6.54 Å². The number of nitrogens with one attached hydrogen (secondary N) is 2. The number of para-hydroxylation sites is 1. The Balaban J connectivity index is 2.22. The minimum Gasteiger partial charge on any atom is -0.370 e. The van der Waals surface area contributed by atoms with Crippen molar-refractivity contribution in [3.8, 4) is 0 Å². The predicted octanol–water partition coefficient (Wildman–Crippen LogP) is 4.07. The average Bonchev–Trinajstić information content (AvgIpc) is 2.43. The van der Waals surface area contributed by atoms with Crippen LogP contribution in [0.2, 0.25) is 10.0 Å². The van der Waals surface area contributed by atoms with Gasteiger partial charge in [0.1, 0.15) is 5.82 Å². The van der Waals surface area contributed by atoms with Gasteiger partial charge in [-0.05, 0) is 31.2 Å². The lowest BCUT2D eigenvalue weighted by Gasteiger charge is -2.10. The summed E-state index contributed by atoms with van der Waals surface area (Å²) in [7, 11) is 0. The van der Waals surface area contributed by atoms with Crippen molar-refractivity contribution >= 4 is 40.6 Å². The molecule has 1 amide bonds. The molecule has 20 heavy (non-hydrogen) atoms. The molecular formula is C14H13Cl2N3O. The van der Waals surface area contributed by atoms with E-state index in [1.165, 1.54) is 0 Å². The maximum Gasteiger partial charge on any atom is 0.255 e. The number of aromatic nitrogens is 1. The Bertz CT molecular complexity index is 611. The number of carbonyl (C=O) groups is 1. The molecule has 6 heteroatoms. The number of rotatable bonds is 4. The molecule has 0 bridgehead atoms. The van der Waals surface area contributed by atoms with E-state index in [1.54, 1.807) is 36.5 Å². The maximum absolute atomic E-state index is 12.2. The molecule has 4 nitrogen and oxygen atoms in total. The highest BCUT2D eigenvalue weighted by Crippen LogP contribution is 2.30. The van der Waals surface area contributed by atoms with Crippen LogP contribution in [0, 0.1) is 0 Å². The van der Waals surface area contributed by atoms with E-state index in [4.69, 9.17) is 23.2 Å². The van der Waals surface area contributed by atoms with Gasteiger partial charge in [-0.15, -0.1) is 0 Å². The van der Waals surface area contributed by atoms with Crippen molar-refractivity contribution in [3.63, 3.8) is 0 Å². The number of carbonyl (C=O) groups excluding carboxylic acids is 1. The molecule has 0 spiro atoms. The first-order valence-corrected chi connectivity index (χ1v) is 6.82. The first kappa shape index (κ1) is 14.6. The highest BCUT2D eigenvalue weighted by molar-refractivity contribution is 6.40. The summed E-state index contributed by atoms with van der Waals surface area (Å²) in [6.45, 7) is 2.69. The SMILES string of the molecule is CCNc1cc(C(=O)Nc2c(Cl)cccc2Cl)ccn1. The Morgan fingerprint density at radius 1 is 1.25 bits per heavy atom. The van der Waals surface area contributed by atoms with Gasteiger partial charge in [-0.1, -0.05) is 29.3 Å². The molecule has 0 atom stereocenters. The number of halogens is 2. The van der Waals surface area contributed by atoms with Crippen LogP contribution in [0.15, 0.2) is 36.5 Å². The summed E-state index contributed by atoms with van der Waals surface area (Å²) < 4.78 is 0. The second-order valence-electron chi connectivity index (χ2n) is 4.01. The third kappa shape index (κ3) is 3.40. The summed E-state index contributed by atoms with van der Waals surface area (Å²) in [5.41, 5.74) is 0.884. The maximum atomic E-state index is 12.2. The van der Waals surface area contributed by atoms with Gasteiger partial charge < -0.3 is 10.6 Å². The van der Waals surface area contributed by atoms with Crippen LogP contribution >= 0.6 is 23.2 Å². The standard InChI is InChI=1S/C14H13Cl2N3O/c1-2-17-12-8-9(6-7-18-12)14(20)19-13-10(15)4-3-5-11(13)16/h3-8H,2H2,1H3,(H,17,18)(H,19,20). The molecule has 1 aromatic heterocycles. The van der Waals surface area contributed by atoms with Crippen molar-refractivity contribution < 1.29 is 4.79 Å². The summed E-state index contributed by atoms with van der Waals surface area (Å²) >= 11 is 12.0. The largest absolute Gasteiger partial charge is 0.370 e. The first-order chi connectivity index (χ1) is 9.61. The summed E-state index contributed by atoms with van der Waals surface area (Å²) in [5, 5.41) is 6.54. The summed E-state index contributed by atoms with van der Waals surface area (Å²) in [5.74, 6) is 0.354. The fourth-order valence-corrected chi connectivity index (χ4v) is 2.14. The van der Waals surface area contributed by atoms with Gasteiger partial charge in [0, 0.05) is 18.3 Å². The van der Waals surface area contributed by atoms with Crippen molar-refractivity contribution in [3.05, 3.63) is 52.1 Å². The highest BCUT2D eigenvalue weighted by atomic mass is 35.5. The van der Waals surface area contributed by atoms with E-state index >= 15 is 0 Å². The van der Waals surface area contributed by atoms with Crippen molar-refractivity contribution in [2.24, 2.45) is 0 Å². The zero-order valence-corrected chi connectivity index (χ0v) is 12.3. The molecule has 0 aliphatic rings. The van der Waals surface area contributed by atoms with Gasteiger partial charge in [0.15, 0.2) is 0 Å². The van der Waals surface area contributed by atoms with Crippen molar-refractivity contribution in [1.82, 2.24) is 4.98 Å². The van der Waals surface area contributed by atoms with Crippen LogP contribution in [0.4, 0.5) is 11.5 Å². The Morgan fingerprint density at radius 3 is 2.60 bits per heavy atom. The van der Waals surface area contributed by atoms with E-state index in [1.807, 2.05) is 6.92 Å². The molecule has 0 saturated heterocycles. The van der Waals surface area contributed by atoms with E-state index < -0.39 is 0 Å². The van der Waals surface area contributed by atoms with Gasteiger partial charge >= 0.3 is 0 Å². The number of hydrogen-bond donors (Lipinski definition) is 2. The number of nitrogens with zero attached hydrogens (tertiary/aromatic N) is 1. The Hall–Kier alpha value is -1.78. The lowest BCUT2D eigenvalue weighted by Crippen LogP contribution is -2.13. The number of anilines is 2. The number of benzene rings is 1. The summed E-state index contributed by atoms with van der Waals surface area (Å²) in [4.78, 5) is 16.3. The van der Waals surface area contributed by atoms with Crippen LogP contribution in [0.5, 0.6) is 0 Å². The van der Waals surface area contributed by atoms with Gasteiger partial charge in [-0.25, -0.2) is 4.98 Å². The van der Waals surface area contributed by atoms with E-state index in [9.17, 15) is 4.79 Å².